The van der Waals surface area contributed by atoms with Gasteiger partial charge in [-0.15, -0.1) is 0 Å². The third-order valence-corrected chi connectivity index (χ3v) is 3.70. The summed E-state index contributed by atoms with van der Waals surface area (Å²) in [4.78, 5) is 12.3. The monoisotopic (exact) mass is 297 g/mol. The molecule has 2 aromatic rings. The van der Waals surface area contributed by atoms with Gasteiger partial charge in [-0.3, -0.25) is 4.79 Å². The molecule has 0 radical (unpaired) electrons. The number of amides is 1. The van der Waals surface area contributed by atoms with Gasteiger partial charge in [0, 0.05) is 5.56 Å². The molecule has 0 bridgehead atoms. The van der Waals surface area contributed by atoms with Crippen molar-refractivity contribution in [2.45, 2.75) is 20.0 Å². The maximum atomic E-state index is 12.3. The van der Waals surface area contributed by atoms with Crippen molar-refractivity contribution in [1.82, 2.24) is 5.32 Å². The Hall–Kier alpha value is -2.49. The van der Waals surface area contributed by atoms with Crippen LogP contribution in [0.15, 0.2) is 42.5 Å². The molecule has 0 unspecified atom stereocenters. The van der Waals surface area contributed by atoms with Crippen molar-refractivity contribution in [1.29, 1.82) is 0 Å². The van der Waals surface area contributed by atoms with E-state index in [1.54, 1.807) is 0 Å². The highest BCUT2D eigenvalue weighted by Gasteiger charge is 2.21. The van der Waals surface area contributed by atoms with Crippen molar-refractivity contribution in [2.75, 3.05) is 13.2 Å². The summed E-state index contributed by atoms with van der Waals surface area (Å²) < 4.78 is 11.5. The molecule has 1 atom stereocenters. The molecule has 1 N–H and O–H groups in total. The third kappa shape index (κ3) is 3.06. The summed E-state index contributed by atoms with van der Waals surface area (Å²) in [6.07, 6.45) is -0.177. The normalized spacial score (nSPS) is 16.2. The molecule has 0 saturated heterocycles. The molecule has 0 fully saturated rings. The molecular weight excluding hydrogens is 278 g/mol. The summed E-state index contributed by atoms with van der Waals surface area (Å²) in [6.45, 7) is 4.76. The summed E-state index contributed by atoms with van der Waals surface area (Å²) in [5.74, 6) is 1.39. The summed E-state index contributed by atoms with van der Waals surface area (Å²) in [7, 11) is 0. The first-order valence-corrected chi connectivity index (χ1v) is 7.37. The van der Waals surface area contributed by atoms with Gasteiger partial charge in [0.2, 0.25) is 0 Å². The van der Waals surface area contributed by atoms with Gasteiger partial charge in [0.25, 0.3) is 5.91 Å². The van der Waals surface area contributed by atoms with Gasteiger partial charge in [-0.2, -0.15) is 0 Å². The Morgan fingerprint density at radius 1 is 1.18 bits per heavy atom. The Morgan fingerprint density at radius 2 is 1.95 bits per heavy atom. The molecule has 2 aromatic carbocycles. The van der Waals surface area contributed by atoms with Gasteiger partial charge in [0.05, 0.1) is 6.54 Å². The van der Waals surface area contributed by atoms with Crippen LogP contribution in [0.4, 0.5) is 0 Å². The Morgan fingerprint density at radius 3 is 2.77 bits per heavy atom. The van der Waals surface area contributed by atoms with Gasteiger partial charge < -0.3 is 14.8 Å². The Bertz CT molecular complexity index is 696. The van der Waals surface area contributed by atoms with E-state index in [-0.39, 0.29) is 12.0 Å². The van der Waals surface area contributed by atoms with Crippen LogP contribution < -0.4 is 14.8 Å². The van der Waals surface area contributed by atoms with Crippen LogP contribution >= 0.6 is 0 Å². The Kier molecular flexibility index (Phi) is 4.00. The number of benzene rings is 2. The smallest absolute Gasteiger partial charge is 0.251 e. The van der Waals surface area contributed by atoms with Gasteiger partial charge in [-0.25, -0.2) is 0 Å². The third-order valence-electron chi connectivity index (χ3n) is 3.70. The number of fused-ring (bicyclic) bond motifs is 1. The number of carbonyl (C=O) groups excluding carboxylic acids is 1. The summed E-state index contributed by atoms with van der Waals surface area (Å²) in [5, 5.41) is 2.92. The maximum absolute atomic E-state index is 12.3. The molecule has 0 saturated carbocycles. The van der Waals surface area contributed by atoms with Crippen LogP contribution in [0, 0.1) is 13.8 Å². The van der Waals surface area contributed by atoms with Gasteiger partial charge in [0.1, 0.15) is 12.7 Å². The molecule has 0 aliphatic carbocycles. The predicted octanol–water partition coefficient (Wildman–Crippen LogP) is 2.87. The van der Waals surface area contributed by atoms with Crippen LogP contribution in [-0.2, 0) is 0 Å². The van der Waals surface area contributed by atoms with E-state index in [1.165, 1.54) is 0 Å². The van der Waals surface area contributed by atoms with Crippen molar-refractivity contribution in [2.24, 2.45) is 0 Å². The highest BCUT2D eigenvalue weighted by Crippen LogP contribution is 2.30. The number of hydrogen-bond donors (Lipinski definition) is 1. The molecule has 0 aromatic heterocycles. The highest BCUT2D eigenvalue weighted by atomic mass is 16.6. The van der Waals surface area contributed by atoms with E-state index >= 15 is 0 Å². The zero-order valence-electron chi connectivity index (χ0n) is 12.8. The molecular formula is C18H19NO3. The lowest BCUT2D eigenvalue weighted by Gasteiger charge is -2.26. The van der Waals surface area contributed by atoms with E-state index < -0.39 is 0 Å². The Labute approximate surface area is 130 Å². The van der Waals surface area contributed by atoms with Gasteiger partial charge in [-0.05, 0) is 37.6 Å². The molecule has 1 aliphatic rings. The van der Waals surface area contributed by atoms with E-state index in [0.29, 0.717) is 18.7 Å². The van der Waals surface area contributed by atoms with E-state index in [4.69, 9.17) is 9.47 Å². The zero-order chi connectivity index (χ0) is 15.5. The highest BCUT2D eigenvalue weighted by molar-refractivity contribution is 5.95. The van der Waals surface area contributed by atoms with Crippen LogP contribution in [-0.4, -0.2) is 25.2 Å². The minimum Gasteiger partial charge on any atom is -0.486 e. The maximum Gasteiger partial charge on any atom is 0.251 e. The number of rotatable bonds is 3. The first-order chi connectivity index (χ1) is 10.6. The number of hydrogen-bond acceptors (Lipinski definition) is 3. The van der Waals surface area contributed by atoms with E-state index in [9.17, 15) is 4.79 Å². The fraction of sp³-hybridized carbons (Fsp3) is 0.278. The molecule has 4 heteroatoms. The van der Waals surface area contributed by atoms with Crippen LogP contribution in [0.5, 0.6) is 11.5 Å². The number of para-hydroxylation sites is 2. The fourth-order valence-corrected chi connectivity index (χ4v) is 2.45. The molecule has 1 aliphatic heterocycles. The fourth-order valence-electron chi connectivity index (χ4n) is 2.45. The SMILES string of the molecule is Cc1ccc(C)c(C(=O)NC[C@H]2COc3ccccc3O2)c1. The van der Waals surface area contributed by atoms with Crippen molar-refractivity contribution in [3.8, 4) is 11.5 Å². The van der Waals surface area contributed by atoms with Crippen molar-refractivity contribution < 1.29 is 14.3 Å². The second kappa shape index (κ2) is 6.10. The van der Waals surface area contributed by atoms with Crippen LogP contribution in [0.25, 0.3) is 0 Å². The van der Waals surface area contributed by atoms with Gasteiger partial charge in [0.15, 0.2) is 11.5 Å². The molecule has 3 rings (SSSR count). The van der Waals surface area contributed by atoms with Crippen molar-refractivity contribution >= 4 is 5.91 Å². The molecule has 22 heavy (non-hydrogen) atoms. The lowest BCUT2D eigenvalue weighted by molar-refractivity contribution is 0.0789. The summed E-state index contributed by atoms with van der Waals surface area (Å²) in [6, 6.07) is 13.4. The van der Waals surface area contributed by atoms with Crippen molar-refractivity contribution in [3.05, 3.63) is 59.2 Å². The van der Waals surface area contributed by atoms with E-state index in [1.807, 2.05) is 56.3 Å². The molecule has 4 nitrogen and oxygen atoms in total. The first kappa shape index (κ1) is 14.4. The van der Waals surface area contributed by atoms with Crippen LogP contribution in [0.2, 0.25) is 0 Å². The molecule has 1 heterocycles. The van der Waals surface area contributed by atoms with Crippen molar-refractivity contribution in [3.63, 3.8) is 0 Å². The average Bonchev–Trinajstić information content (AvgIpc) is 2.54. The standard InChI is InChI=1S/C18H19NO3/c1-12-7-8-13(2)15(9-12)18(20)19-10-14-11-21-16-5-3-4-6-17(16)22-14/h3-9,14H,10-11H2,1-2H3,(H,19,20)/t14-/m0/s1. The molecule has 0 spiro atoms. The predicted molar refractivity (Wildman–Crippen MR) is 84.6 cm³/mol. The zero-order valence-corrected chi connectivity index (χ0v) is 12.8. The summed E-state index contributed by atoms with van der Waals surface area (Å²) in [5.41, 5.74) is 2.74. The molecule has 1 amide bonds. The minimum absolute atomic E-state index is 0.0799. The quantitative estimate of drug-likeness (QED) is 0.947. The lowest BCUT2D eigenvalue weighted by atomic mass is 10.1. The van der Waals surface area contributed by atoms with E-state index in [0.717, 1.165) is 22.6 Å². The Balaban J connectivity index is 1.61. The number of nitrogens with one attached hydrogen (secondary N) is 1. The average molecular weight is 297 g/mol. The number of ether oxygens (including phenoxy) is 2. The van der Waals surface area contributed by atoms with Gasteiger partial charge in [-0.1, -0.05) is 29.8 Å². The first-order valence-electron chi connectivity index (χ1n) is 7.37. The van der Waals surface area contributed by atoms with Crippen LogP contribution in [0.1, 0.15) is 21.5 Å². The second-order valence-electron chi connectivity index (χ2n) is 5.53. The topological polar surface area (TPSA) is 47.6 Å². The second-order valence-corrected chi connectivity index (χ2v) is 5.53. The van der Waals surface area contributed by atoms with Crippen LogP contribution in [0.3, 0.4) is 0 Å². The largest absolute Gasteiger partial charge is 0.486 e. The summed E-state index contributed by atoms with van der Waals surface area (Å²) >= 11 is 0. The number of carbonyl (C=O) groups is 1. The van der Waals surface area contributed by atoms with E-state index in [2.05, 4.69) is 5.32 Å². The molecule has 114 valence electrons. The number of aryl methyl sites for hydroxylation is 2. The minimum atomic E-state index is -0.177. The van der Waals surface area contributed by atoms with Gasteiger partial charge >= 0.3 is 0 Å². The lowest BCUT2D eigenvalue weighted by Crippen LogP contribution is -2.40.